The van der Waals surface area contributed by atoms with Crippen LogP contribution in [0.15, 0.2) is 22.7 Å². The van der Waals surface area contributed by atoms with Gasteiger partial charge in [-0.3, -0.25) is 4.57 Å². The maximum absolute atomic E-state index is 11.8. The molecule has 0 atom stereocenters. The van der Waals surface area contributed by atoms with Crippen molar-refractivity contribution in [1.82, 2.24) is 9.55 Å². The molecule has 2 N–H and O–H groups in total. The monoisotopic (exact) mass is 337 g/mol. The Morgan fingerprint density at radius 3 is 2.75 bits per heavy atom. The Bertz CT molecular complexity index is 665. The van der Waals surface area contributed by atoms with E-state index in [0.29, 0.717) is 12.4 Å². The number of hydrogen-bond donors (Lipinski definition) is 1. The molecule has 1 aromatic carbocycles. The van der Waals surface area contributed by atoms with Crippen LogP contribution in [0.4, 0.5) is 5.82 Å². The average Bonchev–Trinajstić information content (AvgIpc) is 2.66. The highest BCUT2D eigenvalue weighted by molar-refractivity contribution is 9.10. The van der Waals surface area contributed by atoms with Gasteiger partial charge < -0.3 is 10.5 Å². The molecule has 5 nitrogen and oxygen atoms in total. The van der Waals surface area contributed by atoms with Gasteiger partial charge in [-0.15, -0.1) is 0 Å². The second kappa shape index (κ2) is 5.66. The molecule has 0 aliphatic carbocycles. The Morgan fingerprint density at radius 2 is 2.15 bits per heavy atom. The molecule has 0 spiro atoms. The number of carbonyl (C=O) groups excluding carboxylic acids is 1. The number of benzene rings is 1. The number of aryl methyl sites for hydroxylation is 2. The standard InChI is InChI=1S/C14H16BrN3O2/c1-4-20-14(19)12-13(16)18(9(3)17-12)11-6-5-8(2)7-10(11)15/h5-7H,4,16H2,1-3H3. The fourth-order valence-electron chi connectivity index (χ4n) is 2.00. The van der Waals surface area contributed by atoms with E-state index in [1.165, 1.54) is 0 Å². The molecule has 0 radical (unpaired) electrons. The van der Waals surface area contributed by atoms with Crippen LogP contribution in [0.3, 0.4) is 0 Å². The lowest BCUT2D eigenvalue weighted by Crippen LogP contribution is -2.09. The van der Waals surface area contributed by atoms with Gasteiger partial charge in [-0.2, -0.15) is 0 Å². The van der Waals surface area contributed by atoms with E-state index in [9.17, 15) is 4.79 Å². The molecule has 0 aliphatic heterocycles. The molecule has 2 rings (SSSR count). The van der Waals surface area contributed by atoms with E-state index in [0.717, 1.165) is 15.7 Å². The molecule has 2 aromatic rings. The number of rotatable bonds is 3. The molecule has 0 unspecified atom stereocenters. The van der Waals surface area contributed by atoms with Crippen molar-refractivity contribution in [1.29, 1.82) is 0 Å². The summed E-state index contributed by atoms with van der Waals surface area (Å²) in [6.07, 6.45) is 0. The molecule has 0 fully saturated rings. The first kappa shape index (κ1) is 14.6. The third-order valence-corrected chi connectivity index (χ3v) is 3.53. The van der Waals surface area contributed by atoms with Crippen molar-refractivity contribution in [2.24, 2.45) is 0 Å². The topological polar surface area (TPSA) is 70.1 Å². The van der Waals surface area contributed by atoms with Gasteiger partial charge in [-0.25, -0.2) is 9.78 Å². The predicted molar refractivity (Wildman–Crippen MR) is 81.1 cm³/mol. The first-order valence-electron chi connectivity index (χ1n) is 6.24. The number of nitrogens with zero attached hydrogens (tertiary/aromatic N) is 2. The molecule has 0 aliphatic rings. The lowest BCUT2D eigenvalue weighted by atomic mass is 10.2. The van der Waals surface area contributed by atoms with Crippen molar-refractivity contribution >= 4 is 27.7 Å². The van der Waals surface area contributed by atoms with Crippen LogP contribution in [-0.2, 0) is 4.74 Å². The summed E-state index contributed by atoms with van der Waals surface area (Å²) in [4.78, 5) is 16.0. The summed E-state index contributed by atoms with van der Waals surface area (Å²) in [6, 6.07) is 5.89. The van der Waals surface area contributed by atoms with Crippen LogP contribution in [0.5, 0.6) is 0 Å². The number of nitrogens with two attached hydrogens (primary N) is 1. The Kier molecular flexibility index (Phi) is 4.13. The van der Waals surface area contributed by atoms with Gasteiger partial charge in [0.05, 0.1) is 12.3 Å². The summed E-state index contributed by atoms with van der Waals surface area (Å²) in [6.45, 7) is 5.83. The number of nitrogen functional groups attached to an aromatic ring is 1. The van der Waals surface area contributed by atoms with Gasteiger partial charge in [0.25, 0.3) is 0 Å². The molecule has 0 saturated heterocycles. The largest absolute Gasteiger partial charge is 0.461 e. The van der Waals surface area contributed by atoms with Gasteiger partial charge >= 0.3 is 5.97 Å². The lowest BCUT2D eigenvalue weighted by molar-refractivity contribution is 0.0521. The van der Waals surface area contributed by atoms with Gasteiger partial charge in [0.2, 0.25) is 0 Å². The third-order valence-electron chi connectivity index (χ3n) is 2.89. The zero-order valence-corrected chi connectivity index (χ0v) is 13.2. The van der Waals surface area contributed by atoms with E-state index in [1.807, 2.05) is 25.1 Å². The number of ether oxygens (including phenoxy) is 1. The molecule has 0 saturated carbocycles. The molecule has 106 valence electrons. The number of carbonyl (C=O) groups is 1. The quantitative estimate of drug-likeness (QED) is 0.874. The van der Waals surface area contributed by atoms with Crippen LogP contribution in [0.2, 0.25) is 0 Å². The maximum atomic E-state index is 11.8. The van der Waals surface area contributed by atoms with Crippen molar-refractivity contribution < 1.29 is 9.53 Å². The van der Waals surface area contributed by atoms with Crippen LogP contribution < -0.4 is 5.73 Å². The summed E-state index contributed by atoms with van der Waals surface area (Å²) in [5.74, 6) is 0.413. The number of esters is 1. The fraction of sp³-hybridized carbons (Fsp3) is 0.286. The van der Waals surface area contributed by atoms with Gasteiger partial charge in [0.15, 0.2) is 5.69 Å². The van der Waals surface area contributed by atoms with Crippen molar-refractivity contribution in [3.8, 4) is 5.69 Å². The summed E-state index contributed by atoms with van der Waals surface area (Å²) in [7, 11) is 0. The first-order valence-corrected chi connectivity index (χ1v) is 7.03. The van der Waals surface area contributed by atoms with Gasteiger partial charge in [-0.05, 0) is 54.4 Å². The number of halogens is 1. The highest BCUT2D eigenvalue weighted by atomic mass is 79.9. The minimum absolute atomic E-state index is 0.150. The fourth-order valence-corrected chi connectivity index (χ4v) is 2.67. The number of anilines is 1. The average molecular weight is 338 g/mol. The Labute approximate surface area is 125 Å². The number of hydrogen-bond acceptors (Lipinski definition) is 4. The molecule has 0 bridgehead atoms. The highest BCUT2D eigenvalue weighted by Gasteiger charge is 2.21. The van der Waals surface area contributed by atoms with Crippen LogP contribution in [0.1, 0.15) is 28.8 Å². The molecule has 6 heteroatoms. The second-order valence-corrected chi connectivity index (χ2v) is 5.26. The van der Waals surface area contributed by atoms with E-state index < -0.39 is 5.97 Å². The number of aromatic nitrogens is 2. The zero-order valence-electron chi connectivity index (χ0n) is 11.6. The van der Waals surface area contributed by atoms with Crippen molar-refractivity contribution in [2.45, 2.75) is 20.8 Å². The normalized spacial score (nSPS) is 10.6. The summed E-state index contributed by atoms with van der Waals surface area (Å²) < 4.78 is 7.58. The second-order valence-electron chi connectivity index (χ2n) is 4.40. The van der Waals surface area contributed by atoms with Gasteiger partial charge in [-0.1, -0.05) is 6.07 Å². The highest BCUT2D eigenvalue weighted by Crippen LogP contribution is 2.28. The molecule has 1 heterocycles. The van der Waals surface area contributed by atoms with E-state index in [4.69, 9.17) is 10.5 Å². The van der Waals surface area contributed by atoms with Gasteiger partial charge in [0.1, 0.15) is 11.6 Å². The molecule has 1 aromatic heterocycles. The summed E-state index contributed by atoms with van der Waals surface area (Å²) in [5.41, 5.74) is 8.17. The summed E-state index contributed by atoms with van der Waals surface area (Å²) in [5, 5.41) is 0. The molecule has 0 amide bonds. The molecular formula is C14H16BrN3O2. The Morgan fingerprint density at radius 1 is 1.45 bits per heavy atom. The smallest absolute Gasteiger partial charge is 0.360 e. The van der Waals surface area contributed by atoms with Crippen LogP contribution in [0, 0.1) is 13.8 Å². The van der Waals surface area contributed by atoms with E-state index in [2.05, 4.69) is 20.9 Å². The molecule has 20 heavy (non-hydrogen) atoms. The Hall–Kier alpha value is -1.82. The van der Waals surface area contributed by atoms with Crippen molar-refractivity contribution in [3.05, 3.63) is 39.8 Å². The van der Waals surface area contributed by atoms with Crippen molar-refractivity contribution in [3.63, 3.8) is 0 Å². The maximum Gasteiger partial charge on any atom is 0.360 e. The Balaban J connectivity index is 2.55. The van der Waals surface area contributed by atoms with E-state index in [-0.39, 0.29) is 11.5 Å². The van der Waals surface area contributed by atoms with Crippen LogP contribution in [0.25, 0.3) is 5.69 Å². The molecular weight excluding hydrogens is 322 g/mol. The SMILES string of the molecule is CCOC(=O)c1nc(C)n(-c2ccc(C)cc2Br)c1N. The summed E-state index contributed by atoms with van der Waals surface area (Å²) >= 11 is 3.51. The van der Waals surface area contributed by atoms with Crippen LogP contribution in [-0.4, -0.2) is 22.1 Å². The lowest BCUT2D eigenvalue weighted by Gasteiger charge is -2.10. The van der Waals surface area contributed by atoms with Gasteiger partial charge in [0, 0.05) is 4.47 Å². The predicted octanol–water partition coefficient (Wildman–Crippen LogP) is 3.01. The first-order chi connectivity index (χ1) is 9.45. The van der Waals surface area contributed by atoms with Crippen molar-refractivity contribution in [2.75, 3.05) is 12.3 Å². The zero-order chi connectivity index (χ0) is 14.9. The minimum atomic E-state index is -0.505. The number of imidazole rings is 1. The van der Waals surface area contributed by atoms with E-state index >= 15 is 0 Å². The third kappa shape index (κ3) is 2.56. The minimum Gasteiger partial charge on any atom is -0.461 e. The van der Waals surface area contributed by atoms with Crippen LogP contribution >= 0.6 is 15.9 Å². The van der Waals surface area contributed by atoms with E-state index in [1.54, 1.807) is 18.4 Å².